The van der Waals surface area contributed by atoms with E-state index >= 15 is 0 Å². The fraction of sp³-hybridized carbons (Fsp3) is 0.190. The molecule has 1 unspecified atom stereocenters. The van der Waals surface area contributed by atoms with Crippen LogP contribution in [0.3, 0.4) is 0 Å². The lowest BCUT2D eigenvalue weighted by atomic mass is 9.91. The van der Waals surface area contributed by atoms with Gasteiger partial charge in [0.1, 0.15) is 5.54 Å². The number of benzene rings is 2. The molecule has 30 heavy (non-hydrogen) atoms. The van der Waals surface area contributed by atoms with Crippen molar-refractivity contribution >= 4 is 38.1 Å². The first-order valence-corrected chi connectivity index (χ1v) is 11.7. The Balaban J connectivity index is 1.89. The van der Waals surface area contributed by atoms with Gasteiger partial charge in [-0.25, -0.2) is 13.4 Å². The van der Waals surface area contributed by atoms with Gasteiger partial charge < -0.3 is 5.32 Å². The van der Waals surface area contributed by atoms with Gasteiger partial charge >= 0.3 is 0 Å². The normalized spacial score (nSPS) is 13.3. The second kappa shape index (κ2) is 8.37. The topological polar surface area (TPSA) is 105 Å². The van der Waals surface area contributed by atoms with Gasteiger partial charge in [0, 0.05) is 19.4 Å². The molecule has 0 aliphatic rings. The van der Waals surface area contributed by atoms with Crippen molar-refractivity contribution in [1.82, 2.24) is 10.3 Å². The zero-order valence-electron chi connectivity index (χ0n) is 16.7. The molecule has 9 heteroatoms. The quantitative estimate of drug-likeness (QED) is 0.609. The maximum atomic E-state index is 13.1. The van der Waals surface area contributed by atoms with E-state index in [1.165, 1.54) is 42.5 Å². The second-order valence-corrected chi connectivity index (χ2v) is 10.00. The van der Waals surface area contributed by atoms with Crippen molar-refractivity contribution in [3.8, 4) is 10.4 Å². The average Bonchev–Trinajstić information content (AvgIpc) is 3.16. The smallest absolute Gasteiger partial charge is 0.256 e. The van der Waals surface area contributed by atoms with E-state index in [4.69, 9.17) is 0 Å². The molecule has 2 N–H and O–H groups in total. The number of amides is 2. The third-order valence-electron chi connectivity index (χ3n) is 4.52. The lowest BCUT2D eigenvalue weighted by Crippen LogP contribution is -2.51. The van der Waals surface area contributed by atoms with Crippen molar-refractivity contribution in [2.45, 2.75) is 24.3 Å². The largest absolute Gasteiger partial charge is 0.339 e. The fourth-order valence-electron chi connectivity index (χ4n) is 2.94. The number of nitrogens with zero attached hydrogens (tertiary/aromatic N) is 1. The molecule has 0 aliphatic heterocycles. The van der Waals surface area contributed by atoms with Crippen molar-refractivity contribution in [3.63, 3.8) is 0 Å². The molecule has 7 nitrogen and oxygen atoms in total. The van der Waals surface area contributed by atoms with Gasteiger partial charge in [-0.1, -0.05) is 53.8 Å². The summed E-state index contributed by atoms with van der Waals surface area (Å²) in [4.78, 5) is 30.2. The summed E-state index contributed by atoms with van der Waals surface area (Å²) in [5, 5.41) is 5.81. The Morgan fingerprint density at radius 3 is 2.23 bits per heavy atom. The zero-order chi connectivity index (χ0) is 21.9. The Labute approximate surface area is 179 Å². The number of hydrogen-bond donors (Lipinski definition) is 2. The summed E-state index contributed by atoms with van der Waals surface area (Å²) >= 11 is 1.32. The molecule has 0 spiro atoms. The molecule has 1 heterocycles. The molecule has 2 aromatic carbocycles. The van der Waals surface area contributed by atoms with Crippen LogP contribution >= 0.6 is 11.3 Å². The van der Waals surface area contributed by atoms with Gasteiger partial charge in [0.15, 0.2) is 15.0 Å². The highest BCUT2D eigenvalue weighted by molar-refractivity contribution is 7.90. The van der Waals surface area contributed by atoms with Crippen molar-refractivity contribution in [1.29, 1.82) is 0 Å². The molecule has 0 bridgehead atoms. The van der Waals surface area contributed by atoms with E-state index in [1.807, 2.05) is 30.3 Å². The Morgan fingerprint density at radius 1 is 1.03 bits per heavy atom. The summed E-state index contributed by atoms with van der Waals surface area (Å²) < 4.78 is 23.4. The number of thiazole rings is 1. The molecule has 3 aromatic rings. The predicted octanol–water partition coefficient (Wildman–Crippen LogP) is 3.20. The van der Waals surface area contributed by atoms with Crippen LogP contribution in [0.1, 0.15) is 19.4 Å². The highest BCUT2D eigenvalue weighted by atomic mass is 32.2. The zero-order valence-corrected chi connectivity index (χ0v) is 18.3. The molecule has 0 aliphatic carbocycles. The molecule has 2 amide bonds. The maximum Gasteiger partial charge on any atom is 0.256 e. The van der Waals surface area contributed by atoms with Crippen LogP contribution in [0.4, 0.5) is 5.13 Å². The van der Waals surface area contributed by atoms with Gasteiger partial charge in [-0.3, -0.25) is 14.9 Å². The van der Waals surface area contributed by atoms with Crippen molar-refractivity contribution in [2.24, 2.45) is 0 Å². The summed E-state index contributed by atoms with van der Waals surface area (Å²) in [7, 11) is -3.38. The molecular formula is C21H21N3O4S2. The summed E-state index contributed by atoms with van der Waals surface area (Å²) in [6.07, 6.45) is 2.78. The Bertz CT molecular complexity index is 1170. The van der Waals surface area contributed by atoms with Crippen LogP contribution in [0, 0.1) is 0 Å². The highest BCUT2D eigenvalue weighted by Gasteiger charge is 2.37. The standard InChI is InChI=1S/C21H21N3O4S2/c1-14(25)24-21(2,16-9-11-17(12-10-16)30(3,27)28)19(26)23-20-22-13-18(29-20)15-7-5-4-6-8-15/h4-13H,1-3H3,(H,24,25)(H,22,23,26). The molecule has 0 radical (unpaired) electrons. The lowest BCUT2D eigenvalue weighted by molar-refractivity contribution is -0.129. The van der Waals surface area contributed by atoms with Crippen molar-refractivity contribution < 1.29 is 18.0 Å². The molecule has 3 rings (SSSR count). The minimum absolute atomic E-state index is 0.129. The number of hydrogen-bond acceptors (Lipinski definition) is 6. The summed E-state index contributed by atoms with van der Waals surface area (Å²) in [5.41, 5.74) is 0.0133. The number of sulfone groups is 1. The summed E-state index contributed by atoms with van der Waals surface area (Å²) in [5.74, 6) is -0.886. The number of nitrogens with one attached hydrogen (secondary N) is 2. The molecule has 156 valence electrons. The number of aromatic nitrogens is 1. The average molecular weight is 444 g/mol. The third kappa shape index (κ3) is 4.74. The SMILES string of the molecule is CC(=O)NC(C)(C(=O)Nc1ncc(-c2ccccc2)s1)c1ccc(S(C)(=O)=O)cc1. The predicted molar refractivity (Wildman–Crippen MR) is 117 cm³/mol. The Hall–Kier alpha value is -3.04. The van der Waals surface area contributed by atoms with E-state index in [-0.39, 0.29) is 4.90 Å². The third-order valence-corrected chi connectivity index (χ3v) is 6.61. The van der Waals surface area contributed by atoms with Gasteiger partial charge in [-0.2, -0.15) is 0 Å². The van der Waals surface area contributed by atoms with Gasteiger partial charge in [0.2, 0.25) is 5.91 Å². The van der Waals surface area contributed by atoms with E-state index in [0.717, 1.165) is 16.7 Å². The van der Waals surface area contributed by atoms with Crippen LogP contribution in [0.25, 0.3) is 10.4 Å². The van der Waals surface area contributed by atoms with E-state index in [1.54, 1.807) is 13.1 Å². The molecule has 0 fully saturated rings. The van der Waals surface area contributed by atoms with Crippen LogP contribution in [0.2, 0.25) is 0 Å². The van der Waals surface area contributed by atoms with E-state index in [0.29, 0.717) is 10.7 Å². The van der Waals surface area contributed by atoms with Crippen molar-refractivity contribution in [3.05, 3.63) is 66.4 Å². The number of carbonyl (C=O) groups is 2. The van der Waals surface area contributed by atoms with E-state index in [9.17, 15) is 18.0 Å². The van der Waals surface area contributed by atoms with Gasteiger partial charge in [0.05, 0.1) is 9.77 Å². The summed E-state index contributed by atoms with van der Waals surface area (Å²) in [6, 6.07) is 15.5. The minimum atomic E-state index is -3.38. The van der Waals surface area contributed by atoms with Crippen LogP contribution in [-0.4, -0.2) is 31.5 Å². The summed E-state index contributed by atoms with van der Waals surface area (Å²) in [6.45, 7) is 2.87. The van der Waals surface area contributed by atoms with Crippen LogP contribution < -0.4 is 10.6 Å². The van der Waals surface area contributed by atoms with Gasteiger partial charge in [-0.15, -0.1) is 0 Å². The van der Waals surface area contributed by atoms with Crippen LogP contribution in [0.5, 0.6) is 0 Å². The van der Waals surface area contributed by atoms with Gasteiger partial charge in [0.25, 0.3) is 5.91 Å². The Kier molecular flexibility index (Phi) is 6.04. The number of rotatable bonds is 6. The minimum Gasteiger partial charge on any atom is -0.339 e. The molecule has 1 aromatic heterocycles. The number of carbonyl (C=O) groups excluding carboxylic acids is 2. The molecular weight excluding hydrogens is 422 g/mol. The monoisotopic (exact) mass is 443 g/mol. The van der Waals surface area contributed by atoms with Gasteiger partial charge in [-0.05, 0) is 30.2 Å². The van der Waals surface area contributed by atoms with Crippen LogP contribution in [0.15, 0.2) is 65.7 Å². The molecule has 1 atom stereocenters. The molecule has 0 saturated heterocycles. The first kappa shape index (κ1) is 21.7. The highest BCUT2D eigenvalue weighted by Crippen LogP contribution is 2.30. The maximum absolute atomic E-state index is 13.1. The number of anilines is 1. The first-order chi connectivity index (χ1) is 14.1. The fourth-order valence-corrected chi connectivity index (χ4v) is 4.38. The molecule has 0 saturated carbocycles. The first-order valence-electron chi connectivity index (χ1n) is 9.01. The van der Waals surface area contributed by atoms with E-state index < -0.39 is 27.2 Å². The lowest BCUT2D eigenvalue weighted by Gasteiger charge is -2.29. The second-order valence-electron chi connectivity index (χ2n) is 6.95. The van der Waals surface area contributed by atoms with Crippen molar-refractivity contribution in [2.75, 3.05) is 11.6 Å². The van der Waals surface area contributed by atoms with E-state index in [2.05, 4.69) is 15.6 Å². The van der Waals surface area contributed by atoms with Crippen LogP contribution in [-0.2, 0) is 25.0 Å². The Morgan fingerprint density at radius 2 is 1.67 bits per heavy atom.